The summed E-state index contributed by atoms with van der Waals surface area (Å²) in [4.78, 5) is 4.88. The fourth-order valence-electron chi connectivity index (χ4n) is 2.82. The maximum atomic E-state index is 6.32. The number of halogens is 1. The third-order valence-electron chi connectivity index (χ3n) is 4.19. The first-order valence-corrected chi connectivity index (χ1v) is 9.03. The molecule has 1 saturated heterocycles. The van der Waals surface area contributed by atoms with E-state index in [4.69, 9.17) is 23.8 Å². The lowest BCUT2D eigenvalue weighted by atomic mass is 10.1. The largest absolute Gasteiger partial charge is 0.294 e. The van der Waals surface area contributed by atoms with Crippen molar-refractivity contribution in [3.05, 3.63) is 44.3 Å². The molecule has 4 nitrogen and oxygen atoms in total. The molecular weight excluding hydrogens is 336 g/mol. The Morgan fingerprint density at radius 1 is 1.27 bits per heavy atom. The third-order valence-corrected chi connectivity index (χ3v) is 5.65. The first kappa shape index (κ1) is 16.1. The molecule has 118 valence electrons. The maximum Gasteiger partial charge on any atom is 0.180 e. The van der Waals surface area contributed by atoms with Crippen molar-refractivity contribution in [1.29, 1.82) is 0 Å². The highest BCUT2D eigenvalue weighted by Crippen LogP contribution is 2.27. The highest BCUT2D eigenvalue weighted by atomic mass is 35.5. The van der Waals surface area contributed by atoms with E-state index in [1.807, 2.05) is 16.8 Å². The number of nitrogens with zero attached hydrogens (tertiary/aromatic N) is 4. The predicted molar refractivity (Wildman–Crippen MR) is 94.0 cm³/mol. The Balaban J connectivity index is 1.59. The first-order chi connectivity index (χ1) is 10.6. The number of hydrogen-bond donors (Lipinski definition) is 0. The van der Waals surface area contributed by atoms with Crippen LogP contribution in [0.4, 0.5) is 0 Å². The van der Waals surface area contributed by atoms with Crippen LogP contribution in [0.5, 0.6) is 0 Å². The van der Waals surface area contributed by atoms with Crippen molar-refractivity contribution in [1.82, 2.24) is 19.6 Å². The SMILES string of the molecule is CC(c1ccccc1Cl)N1CCN(Cn2ncsc2=S)CC1. The van der Waals surface area contributed by atoms with Gasteiger partial charge in [-0.25, -0.2) is 4.68 Å². The molecule has 1 unspecified atom stereocenters. The van der Waals surface area contributed by atoms with Crippen molar-refractivity contribution in [2.24, 2.45) is 0 Å². The van der Waals surface area contributed by atoms with Gasteiger partial charge in [0.2, 0.25) is 0 Å². The second-order valence-electron chi connectivity index (χ2n) is 5.50. The smallest absolute Gasteiger partial charge is 0.180 e. The maximum absolute atomic E-state index is 6.32. The van der Waals surface area contributed by atoms with Crippen LogP contribution in [0, 0.1) is 3.95 Å². The van der Waals surface area contributed by atoms with Crippen molar-refractivity contribution < 1.29 is 0 Å². The summed E-state index contributed by atoms with van der Waals surface area (Å²) in [6.45, 7) is 7.12. The highest BCUT2D eigenvalue weighted by molar-refractivity contribution is 7.73. The van der Waals surface area contributed by atoms with Gasteiger partial charge >= 0.3 is 0 Å². The summed E-state index contributed by atoms with van der Waals surface area (Å²) in [6, 6.07) is 8.46. The minimum Gasteiger partial charge on any atom is -0.294 e. The summed E-state index contributed by atoms with van der Waals surface area (Å²) in [5.41, 5.74) is 3.01. The molecule has 1 fully saturated rings. The van der Waals surface area contributed by atoms with Gasteiger partial charge in [0.1, 0.15) is 5.51 Å². The van der Waals surface area contributed by atoms with E-state index in [1.54, 1.807) is 5.51 Å². The molecule has 0 N–H and O–H groups in total. The Kier molecular flexibility index (Phi) is 5.25. The Morgan fingerprint density at radius 2 is 2.00 bits per heavy atom. The minimum atomic E-state index is 0.345. The normalized spacial score (nSPS) is 18.5. The predicted octanol–water partition coefficient (Wildman–Crippen LogP) is 3.66. The fraction of sp³-hybridized carbons (Fsp3) is 0.467. The molecule has 0 spiro atoms. The second-order valence-corrected chi connectivity index (χ2v) is 7.38. The summed E-state index contributed by atoms with van der Waals surface area (Å²) in [5.74, 6) is 0. The van der Waals surface area contributed by atoms with Gasteiger partial charge < -0.3 is 0 Å². The van der Waals surface area contributed by atoms with E-state index in [9.17, 15) is 0 Å². The van der Waals surface area contributed by atoms with Crippen molar-refractivity contribution >= 4 is 35.2 Å². The molecule has 7 heteroatoms. The zero-order valence-electron chi connectivity index (χ0n) is 12.5. The summed E-state index contributed by atoms with van der Waals surface area (Å²) in [7, 11) is 0. The second kappa shape index (κ2) is 7.19. The molecule has 0 radical (unpaired) electrons. The number of piperazine rings is 1. The number of aromatic nitrogens is 2. The topological polar surface area (TPSA) is 24.3 Å². The van der Waals surface area contributed by atoms with Crippen molar-refractivity contribution in [3.8, 4) is 0 Å². The molecule has 2 heterocycles. The molecule has 1 aliphatic heterocycles. The van der Waals surface area contributed by atoms with Gasteiger partial charge in [-0.3, -0.25) is 9.80 Å². The molecule has 1 aliphatic rings. The van der Waals surface area contributed by atoms with Crippen LogP contribution in [-0.2, 0) is 6.67 Å². The standard InChI is InChI=1S/C15H19ClN4S2/c1-12(13-4-2-3-5-14(13)16)19-8-6-18(7-9-19)11-20-15(21)22-10-17-20/h2-5,10,12H,6-9,11H2,1H3. The molecule has 3 rings (SSSR count). The van der Waals surface area contributed by atoms with Gasteiger partial charge in [-0.1, -0.05) is 41.1 Å². The molecule has 0 aliphatic carbocycles. The van der Waals surface area contributed by atoms with Gasteiger partial charge in [0, 0.05) is 37.2 Å². The lowest BCUT2D eigenvalue weighted by molar-refractivity contribution is 0.0791. The van der Waals surface area contributed by atoms with E-state index in [-0.39, 0.29) is 0 Å². The summed E-state index contributed by atoms with van der Waals surface area (Å²) in [5, 5.41) is 5.13. The van der Waals surface area contributed by atoms with Crippen LogP contribution in [-0.4, -0.2) is 45.8 Å². The van der Waals surface area contributed by atoms with Gasteiger partial charge in [-0.05, 0) is 30.8 Å². The summed E-state index contributed by atoms with van der Waals surface area (Å²) < 4.78 is 2.74. The molecule has 1 aromatic heterocycles. The quantitative estimate of drug-likeness (QED) is 0.782. The van der Waals surface area contributed by atoms with E-state index in [2.05, 4.69) is 34.0 Å². The summed E-state index contributed by atoms with van der Waals surface area (Å²) >= 11 is 13.1. The van der Waals surface area contributed by atoms with Crippen LogP contribution in [0.15, 0.2) is 29.8 Å². The van der Waals surface area contributed by atoms with Crippen LogP contribution in [0.2, 0.25) is 5.02 Å². The summed E-state index contributed by atoms with van der Waals surface area (Å²) in [6.07, 6.45) is 0. The van der Waals surface area contributed by atoms with Crippen molar-refractivity contribution in [2.75, 3.05) is 26.2 Å². The van der Waals surface area contributed by atoms with Gasteiger partial charge in [-0.15, -0.1) is 0 Å². The average Bonchev–Trinajstić information content (AvgIpc) is 2.93. The van der Waals surface area contributed by atoms with Crippen LogP contribution >= 0.6 is 35.2 Å². The van der Waals surface area contributed by atoms with Crippen LogP contribution in [0.25, 0.3) is 0 Å². The zero-order chi connectivity index (χ0) is 15.5. The molecule has 1 atom stereocenters. The van der Waals surface area contributed by atoms with Crippen LogP contribution in [0.1, 0.15) is 18.5 Å². The lowest BCUT2D eigenvalue weighted by Gasteiger charge is -2.38. The Hall–Kier alpha value is -0.790. The number of rotatable bonds is 4. The third kappa shape index (κ3) is 3.58. The lowest BCUT2D eigenvalue weighted by Crippen LogP contribution is -2.47. The van der Waals surface area contributed by atoms with Crippen LogP contribution < -0.4 is 0 Å². The highest BCUT2D eigenvalue weighted by Gasteiger charge is 2.23. The Bertz CT molecular complexity index is 676. The zero-order valence-corrected chi connectivity index (χ0v) is 14.9. The number of hydrogen-bond acceptors (Lipinski definition) is 5. The molecule has 2 aromatic rings. The molecule has 0 amide bonds. The molecule has 22 heavy (non-hydrogen) atoms. The van der Waals surface area contributed by atoms with E-state index in [0.29, 0.717) is 6.04 Å². The Labute approximate surface area is 144 Å². The van der Waals surface area contributed by atoms with E-state index < -0.39 is 0 Å². The van der Waals surface area contributed by atoms with Gasteiger partial charge in [-0.2, -0.15) is 5.10 Å². The molecular formula is C15H19ClN4S2. The van der Waals surface area contributed by atoms with Crippen LogP contribution in [0.3, 0.4) is 0 Å². The minimum absolute atomic E-state index is 0.345. The van der Waals surface area contributed by atoms with Crippen molar-refractivity contribution in [2.45, 2.75) is 19.6 Å². The van der Waals surface area contributed by atoms with E-state index in [0.717, 1.165) is 41.8 Å². The average molecular weight is 355 g/mol. The van der Waals surface area contributed by atoms with E-state index >= 15 is 0 Å². The van der Waals surface area contributed by atoms with Gasteiger partial charge in [0.25, 0.3) is 0 Å². The molecule has 1 aromatic carbocycles. The van der Waals surface area contributed by atoms with Crippen molar-refractivity contribution in [3.63, 3.8) is 0 Å². The van der Waals surface area contributed by atoms with Gasteiger partial charge in [0.05, 0.1) is 6.67 Å². The van der Waals surface area contributed by atoms with E-state index in [1.165, 1.54) is 16.9 Å². The molecule has 0 saturated carbocycles. The fourth-order valence-corrected chi connectivity index (χ4v) is 3.83. The first-order valence-electron chi connectivity index (χ1n) is 7.36. The van der Waals surface area contributed by atoms with Gasteiger partial charge in [0.15, 0.2) is 3.95 Å². The monoisotopic (exact) mass is 354 g/mol. The molecule has 0 bridgehead atoms. The number of benzene rings is 1. The Morgan fingerprint density at radius 3 is 2.64 bits per heavy atom.